The third kappa shape index (κ3) is 4.33. The van der Waals surface area contributed by atoms with Crippen LogP contribution in [-0.2, 0) is 11.2 Å². The van der Waals surface area contributed by atoms with Gasteiger partial charge in [-0.1, -0.05) is 42.0 Å². The molecular weight excluding hydrogens is 266 g/mol. The molecule has 0 bridgehead atoms. The first-order valence-corrected chi connectivity index (χ1v) is 6.87. The Bertz CT molecular complexity index is 590. The molecule has 2 aromatic rings. The van der Waals surface area contributed by atoms with Gasteiger partial charge in [-0.15, -0.1) is 0 Å². The third-order valence-electron chi connectivity index (χ3n) is 3.36. The number of phenols is 1. The standard InChI is InChI=1S/C17H19NO3/c1-12-2-6-14(7-3-12)16(17(20)21)18-11-10-13-4-8-15(19)9-5-13/h2-9,16,18-19H,10-11H2,1H3,(H,20,21). The quantitative estimate of drug-likeness (QED) is 0.763. The Balaban J connectivity index is 1.96. The van der Waals surface area contributed by atoms with Gasteiger partial charge in [-0.05, 0) is 36.6 Å². The number of aromatic hydroxyl groups is 1. The fourth-order valence-corrected chi connectivity index (χ4v) is 2.13. The molecular formula is C17H19NO3. The first-order valence-electron chi connectivity index (χ1n) is 6.87. The van der Waals surface area contributed by atoms with Gasteiger partial charge in [-0.2, -0.15) is 0 Å². The molecule has 0 aliphatic heterocycles. The smallest absolute Gasteiger partial charge is 0.325 e. The summed E-state index contributed by atoms with van der Waals surface area (Å²) in [6, 6.07) is 13.7. The van der Waals surface area contributed by atoms with Gasteiger partial charge in [0.15, 0.2) is 0 Å². The highest BCUT2D eigenvalue weighted by Gasteiger charge is 2.18. The lowest BCUT2D eigenvalue weighted by Gasteiger charge is -2.15. The normalized spacial score (nSPS) is 12.0. The Morgan fingerprint density at radius 1 is 1.10 bits per heavy atom. The van der Waals surface area contributed by atoms with E-state index in [9.17, 15) is 15.0 Å². The van der Waals surface area contributed by atoms with Crippen LogP contribution in [0.4, 0.5) is 0 Å². The monoisotopic (exact) mass is 285 g/mol. The van der Waals surface area contributed by atoms with Gasteiger partial charge >= 0.3 is 5.97 Å². The van der Waals surface area contributed by atoms with Gasteiger partial charge in [0.2, 0.25) is 0 Å². The molecule has 2 aromatic carbocycles. The lowest BCUT2D eigenvalue weighted by Crippen LogP contribution is -2.30. The highest BCUT2D eigenvalue weighted by molar-refractivity contribution is 5.75. The number of benzene rings is 2. The molecule has 1 atom stereocenters. The van der Waals surface area contributed by atoms with Gasteiger partial charge in [-0.25, -0.2) is 0 Å². The van der Waals surface area contributed by atoms with Crippen molar-refractivity contribution in [2.75, 3.05) is 6.54 Å². The van der Waals surface area contributed by atoms with Gasteiger partial charge < -0.3 is 15.5 Å². The van der Waals surface area contributed by atoms with Crippen LogP contribution >= 0.6 is 0 Å². The SMILES string of the molecule is Cc1ccc(C(NCCc2ccc(O)cc2)C(=O)O)cc1. The number of aliphatic carboxylic acids is 1. The van der Waals surface area contributed by atoms with E-state index in [2.05, 4.69) is 5.32 Å². The molecule has 0 radical (unpaired) electrons. The average molecular weight is 285 g/mol. The molecule has 4 nitrogen and oxygen atoms in total. The summed E-state index contributed by atoms with van der Waals surface area (Å²) in [5.41, 5.74) is 2.90. The van der Waals surface area contributed by atoms with Crippen molar-refractivity contribution in [3.63, 3.8) is 0 Å². The second-order valence-electron chi connectivity index (χ2n) is 5.05. The number of carboxylic acids is 1. The van der Waals surface area contributed by atoms with Crippen molar-refractivity contribution in [2.45, 2.75) is 19.4 Å². The van der Waals surface area contributed by atoms with E-state index in [-0.39, 0.29) is 5.75 Å². The predicted octanol–water partition coefficient (Wildman–Crippen LogP) is 2.66. The molecule has 2 rings (SSSR count). The zero-order valence-electron chi connectivity index (χ0n) is 11.9. The van der Waals surface area contributed by atoms with Crippen LogP contribution in [0.1, 0.15) is 22.7 Å². The van der Waals surface area contributed by atoms with E-state index in [1.807, 2.05) is 43.3 Å². The molecule has 110 valence electrons. The minimum absolute atomic E-state index is 0.231. The van der Waals surface area contributed by atoms with Crippen molar-refractivity contribution in [1.82, 2.24) is 5.32 Å². The van der Waals surface area contributed by atoms with Gasteiger partial charge in [-0.3, -0.25) is 4.79 Å². The van der Waals surface area contributed by atoms with Crippen LogP contribution in [0.25, 0.3) is 0 Å². The number of phenolic OH excluding ortho intramolecular Hbond substituents is 1. The van der Waals surface area contributed by atoms with E-state index in [1.54, 1.807) is 12.1 Å². The van der Waals surface area contributed by atoms with Crippen LogP contribution in [0.15, 0.2) is 48.5 Å². The van der Waals surface area contributed by atoms with Crippen molar-refractivity contribution in [1.29, 1.82) is 0 Å². The number of hydrogen-bond acceptors (Lipinski definition) is 3. The number of rotatable bonds is 6. The highest BCUT2D eigenvalue weighted by atomic mass is 16.4. The fraction of sp³-hybridized carbons (Fsp3) is 0.235. The summed E-state index contributed by atoms with van der Waals surface area (Å²) in [4.78, 5) is 11.4. The maximum Gasteiger partial charge on any atom is 0.325 e. The molecule has 0 amide bonds. The zero-order valence-corrected chi connectivity index (χ0v) is 11.9. The minimum atomic E-state index is -0.885. The van der Waals surface area contributed by atoms with Gasteiger partial charge in [0, 0.05) is 6.54 Å². The summed E-state index contributed by atoms with van der Waals surface area (Å²) in [6.07, 6.45) is 0.704. The zero-order chi connectivity index (χ0) is 15.2. The highest BCUT2D eigenvalue weighted by Crippen LogP contribution is 2.15. The maximum absolute atomic E-state index is 11.4. The van der Waals surface area contributed by atoms with Crippen LogP contribution in [0.3, 0.4) is 0 Å². The van der Waals surface area contributed by atoms with Gasteiger partial charge in [0.05, 0.1) is 0 Å². The summed E-state index contributed by atoms with van der Waals surface area (Å²) >= 11 is 0. The van der Waals surface area contributed by atoms with Crippen molar-refractivity contribution >= 4 is 5.97 Å². The van der Waals surface area contributed by atoms with Crippen molar-refractivity contribution in [2.24, 2.45) is 0 Å². The molecule has 0 aromatic heterocycles. The van der Waals surface area contributed by atoms with Crippen molar-refractivity contribution in [3.05, 3.63) is 65.2 Å². The number of hydrogen-bond donors (Lipinski definition) is 3. The summed E-state index contributed by atoms with van der Waals surface area (Å²) in [5.74, 6) is -0.653. The Hall–Kier alpha value is -2.33. The van der Waals surface area contributed by atoms with E-state index < -0.39 is 12.0 Å². The Kier molecular flexibility index (Phi) is 4.95. The van der Waals surface area contributed by atoms with Gasteiger partial charge in [0.1, 0.15) is 11.8 Å². The van der Waals surface area contributed by atoms with Crippen LogP contribution in [-0.4, -0.2) is 22.7 Å². The molecule has 21 heavy (non-hydrogen) atoms. The molecule has 4 heteroatoms. The molecule has 0 aliphatic rings. The molecule has 0 heterocycles. The minimum Gasteiger partial charge on any atom is -0.508 e. The molecule has 0 spiro atoms. The number of carbonyl (C=O) groups is 1. The van der Waals surface area contributed by atoms with Crippen LogP contribution in [0, 0.1) is 6.92 Å². The Morgan fingerprint density at radius 3 is 2.29 bits per heavy atom. The molecule has 0 saturated carbocycles. The Labute approximate surface area is 124 Å². The van der Waals surface area contributed by atoms with Gasteiger partial charge in [0.25, 0.3) is 0 Å². The van der Waals surface area contributed by atoms with E-state index in [0.717, 1.165) is 16.7 Å². The summed E-state index contributed by atoms with van der Waals surface area (Å²) in [6.45, 7) is 2.52. The number of aryl methyl sites for hydroxylation is 1. The molecule has 1 unspecified atom stereocenters. The first-order chi connectivity index (χ1) is 10.1. The second kappa shape index (κ2) is 6.90. The summed E-state index contributed by atoms with van der Waals surface area (Å²) < 4.78 is 0. The first kappa shape index (κ1) is 15.1. The number of nitrogens with one attached hydrogen (secondary N) is 1. The molecule has 3 N–H and O–H groups in total. The topological polar surface area (TPSA) is 69.6 Å². The summed E-state index contributed by atoms with van der Waals surface area (Å²) in [5, 5.41) is 21.6. The Morgan fingerprint density at radius 2 is 1.71 bits per heavy atom. The van der Waals surface area contributed by atoms with Crippen LogP contribution < -0.4 is 5.32 Å². The predicted molar refractivity (Wildman–Crippen MR) is 81.4 cm³/mol. The van der Waals surface area contributed by atoms with E-state index >= 15 is 0 Å². The van der Waals surface area contributed by atoms with E-state index in [4.69, 9.17) is 0 Å². The lowest BCUT2D eigenvalue weighted by atomic mass is 10.0. The average Bonchev–Trinajstić information content (AvgIpc) is 2.46. The van der Waals surface area contributed by atoms with Crippen LogP contribution in [0.2, 0.25) is 0 Å². The second-order valence-corrected chi connectivity index (χ2v) is 5.05. The maximum atomic E-state index is 11.4. The van der Waals surface area contributed by atoms with E-state index in [0.29, 0.717) is 13.0 Å². The van der Waals surface area contributed by atoms with E-state index in [1.165, 1.54) is 0 Å². The van der Waals surface area contributed by atoms with Crippen molar-refractivity contribution < 1.29 is 15.0 Å². The summed E-state index contributed by atoms with van der Waals surface area (Å²) in [7, 11) is 0. The largest absolute Gasteiger partial charge is 0.508 e. The third-order valence-corrected chi connectivity index (χ3v) is 3.36. The molecule has 0 saturated heterocycles. The molecule has 0 aliphatic carbocycles. The van der Waals surface area contributed by atoms with Crippen LogP contribution in [0.5, 0.6) is 5.75 Å². The lowest BCUT2D eigenvalue weighted by molar-refractivity contribution is -0.139. The number of carboxylic acid groups (broad SMARTS) is 1. The fourth-order valence-electron chi connectivity index (χ4n) is 2.13. The molecule has 0 fully saturated rings. The van der Waals surface area contributed by atoms with Crippen molar-refractivity contribution in [3.8, 4) is 5.75 Å².